The Kier molecular flexibility index (Phi) is 4.77. The first kappa shape index (κ1) is 18.3. The van der Waals surface area contributed by atoms with Crippen molar-refractivity contribution in [3.05, 3.63) is 49.1 Å². The zero-order valence-corrected chi connectivity index (χ0v) is 16.8. The number of imidazole rings is 1. The van der Waals surface area contributed by atoms with Crippen molar-refractivity contribution in [1.82, 2.24) is 19.5 Å². The van der Waals surface area contributed by atoms with E-state index in [0.717, 1.165) is 57.9 Å². The third-order valence-corrected chi connectivity index (χ3v) is 6.83. The van der Waals surface area contributed by atoms with Gasteiger partial charge in [-0.3, -0.25) is 0 Å². The van der Waals surface area contributed by atoms with Gasteiger partial charge in [0, 0.05) is 18.0 Å². The number of aliphatic hydroxyl groups excluding tert-OH is 1. The van der Waals surface area contributed by atoms with Crippen molar-refractivity contribution in [3.63, 3.8) is 0 Å². The molecule has 1 aliphatic rings. The van der Waals surface area contributed by atoms with Crippen LogP contribution in [0, 0.1) is 5.92 Å². The van der Waals surface area contributed by atoms with E-state index in [9.17, 15) is 5.11 Å². The summed E-state index contributed by atoms with van der Waals surface area (Å²) in [5.74, 6) is 0.743. The minimum Gasteiger partial charge on any atom is -0.393 e. The molecule has 5 rings (SSSR count). The highest BCUT2D eigenvalue weighted by Crippen LogP contribution is 2.39. The summed E-state index contributed by atoms with van der Waals surface area (Å²) >= 11 is 1.60. The average molecular weight is 406 g/mol. The zero-order chi connectivity index (χ0) is 19.8. The number of nitrogens with two attached hydrogens (primary N) is 1. The van der Waals surface area contributed by atoms with E-state index in [-0.39, 0.29) is 12.0 Å². The number of aromatic nitrogens is 4. The zero-order valence-electron chi connectivity index (χ0n) is 16.0. The lowest BCUT2D eigenvalue weighted by Gasteiger charge is -2.28. The van der Waals surface area contributed by atoms with E-state index in [2.05, 4.69) is 32.7 Å². The number of aliphatic hydroxyl groups is 1. The molecule has 7 heteroatoms. The molecule has 0 saturated heterocycles. The quantitative estimate of drug-likeness (QED) is 0.527. The van der Waals surface area contributed by atoms with Crippen LogP contribution in [0.2, 0.25) is 0 Å². The first-order valence-electron chi connectivity index (χ1n) is 9.99. The number of anilines is 1. The van der Waals surface area contributed by atoms with Gasteiger partial charge in [-0.1, -0.05) is 43.2 Å². The molecule has 6 nitrogen and oxygen atoms in total. The van der Waals surface area contributed by atoms with Crippen LogP contribution in [-0.4, -0.2) is 30.7 Å². The highest BCUT2D eigenvalue weighted by atomic mass is 32.1. The summed E-state index contributed by atoms with van der Waals surface area (Å²) < 4.78 is 2.19. The fourth-order valence-electron chi connectivity index (χ4n) is 4.23. The van der Waals surface area contributed by atoms with Gasteiger partial charge < -0.3 is 15.4 Å². The van der Waals surface area contributed by atoms with Gasteiger partial charge in [-0.05, 0) is 18.9 Å². The molecule has 0 amide bonds. The fraction of sp³-hybridized carbons (Fsp3) is 0.318. The van der Waals surface area contributed by atoms with E-state index >= 15 is 0 Å². The number of nitrogen functional groups attached to an aromatic ring is 1. The van der Waals surface area contributed by atoms with Gasteiger partial charge in [0.05, 0.1) is 34.1 Å². The number of fused-ring (bicyclic) bond motifs is 1. The third-order valence-electron chi connectivity index (χ3n) is 5.78. The van der Waals surface area contributed by atoms with Crippen LogP contribution in [0.25, 0.3) is 32.0 Å². The second kappa shape index (κ2) is 7.57. The summed E-state index contributed by atoms with van der Waals surface area (Å²) in [4.78, 5) is 15.2. The maximum Gasteiger partial charge on any atom is 0.135 e. The second-order valence-electron chi connectivity index (χ2n) is 7.66. The summed E-state index contributed by atoms with van der Waals surface area (Å²) in [5, 5.41) is 11.4. The van der Waals surface area contributed by atoms with Crippen LogP contribution in [0.1, 0.15) is 25.7 Å². The molecule has 1 saturated carbocycles. The van der Waals surface area contributed by atoms with Gasteiger partial charge in [0.1, 0.15) is 17.0 Å². The van der Waals surface area contributed by atoms with Gasteiger partial charge in [-0.15, -0.1) is 11.3 Å². The summed E-state index contributed by atoms with van der Waals surface area (Å²) in [7, 11) is 0. The minimum absolute atomic E-state index is 0.247. The highest BCUT2D eigenvalue weighted by molar-refractivity contribution is 7.21. The van der Waals surface area contributed by atoms with Crippen molar-refractivity contribution in [2.45, 2.75) is 38.3 Å². The molecular weight excluding hydrogens is 382 g/mol. The Balaban J connectivity index is 1.64. The Hall–Kier alpha value is -2.77. The molecule has 2 atom stereocenters. The Morgan fingerprint density at radius 1 is 1.10 bits per heavy atom. The smallest absolute Gasteiger partial charge is 0.135 e. The van der Waals surface area contributed by atoms with E-state index in [1.165, 1.54) is 12.7 Å². The van der Waals surface area contributed by atoms with Crippen molar-refractivity contribution >= 4 is 27.4 Å². The molecule has 3 heterocycles. The van der Waals surface area contributed by atoms with Gasteiger partial charge in [0.25, 0.3) is 0 Å². The predicted molar refractivity (Wildman–Crippen MR) is 116 cm³/mol. The lowest BCUT2D eigenvalue weighted by atomic mass is 9.86. The maximum absolute atomic E-state index is 10.5. The second-order valence-corrected chi connectivity index (χ2v) is 8.69. The van der Waals surface area contributed by atoms with Crippen LogP contribution in [-0.2, 0) is 6.54 Å². The topological polar surface area (TPSA) is 89.9 Å². The molecule has 0 spiro atoms. The number of rotatable bonds is 4. The van der Waals surface area contributed by atoms with E-state index in [0.29, 0.717) is 5.82 Å². The average Bonchev–Trinajstić information content (AvgIpc) is 3.35. The SMILES string of the molecule is Nc1ncnc2sc(-c3c(-c4ccccc4)ncn3C[C@@H]3CCCC[C@H]3O)cc12. The van der Waals surface area contributed by atoms with Crippen molar-refractivity contribution in [1.29, 1.82) is 0 Å². The molecule has 0 unspecified atom stereocenters. The molecule has 0 bridgehead atoms. The molecular formula is C22H23N5OS. The number of thiophene rings is 1. The Morgan fingerprint density at radius 2 is 1.93 bits per heavy atom. The van der Waals surface area contributed by atoms with E-state index < -0.39 is 0 Å². The van der Waals surface area contributed by atoms with Crippen LogP contribution in [0.5, 0.6) is 0 Å². The molecule has 0 radical (unpaired) electrons. The number of benzene rings is 1. The van der Waals surface area contributed by atoms with Crippen LogP contribution in [0.3, 0.4) is 0 Å². The predicted octanol–water partition coefficient (Wildman–Crippen LogP) is 4.36. The number of nitrogens with zero attached hydrogens (tertiary/aromatic N) is 4. The van der Waals surface area contributed by atoms with Crippen molar-refractivity contribution in [3.8, 4) is 21.8 Å². The van der Waals surface area contributed by atoms with Crippen LogP contribution >= 0.6 is 11.3 Å². The summed E-state index contributed by atoms with van der Waals surface area (Å²) in [6.45, 7) is 0.756. The van der Waals surface area contributed by atoms with E-state index in [1.807, 2.05) is 24.5 Å². The van der Waals surface area contributed by atoms with E-state index in [1.54, 1.807) is 11.3 Å². The van der Waals surface area contributed by atoms with E-state index in [4.69, 9.17) is 10.7 Å². The normalized spacial score (nSPS) is 19.6. The highest BCUT2D eigenvalue weighted by Gasteiger charge is 2.26. The Labute approximate surface area is 173 Å². The van der Waals surface area contributed by atoms with Gasteiger partial charge in [-0.25, -0.2) is 15.0 Å². The monoisotopic (exact) mass is 405 g/mol. The molecule has 4 aromatic rings. The molecule has 0 aliphatic heterocycles. The largest absolute Gasteiger partial charge is 0.393 e. The van der Waals surface area contributed by atoms with Crippen LogP contribution < -0.4 is 5.73 Å². The van der Waals surface area contributed by atoms with Crippen LogP contribution in [0.4, 0.5) is 5.82 Å². The summed E-state index contributed by atoms with van der Waals surface area (Å²) in [6.07, 6.45) is 7.37. The molecule has 1 fully saturated rings. The maximum atomic E-state index is 10.5. The first-order valence-corrected chi connectivity index (χ1v) is 10.8. The number of hydrogen-bond donors (Lipinski definition) is 2. The fourth-order valence-corrected chi connectivity index (χ4v) is 5.30. The summed E-state index contributed by atoms with van der Waals surface area (Å²) in [5.41, 5.74) is 9.14. The Bertz CT molecular complexity index is 1140. The van der Waals surface area contributed by atoms with Gasteiger partial charge in [-0.2, -0.15) is 0 Å². The first-order chi connectivity index (χ1) is 14.2. The van der Waals surface area contributed by atoms with Crippen molar-refractivity contribution in [2.24, 2.45) is 5.92 Å². The molecule has 1 aromatic carbocycles. The summed E-state index contributed by atoms with van der Waals surface area (Å²) in [6, 6.07) is 12.3. The number of hydrogen-bond acceptors (Lipinski definition) is 6. The van der Waals surface area contributed by atoms with Crippen molar-refractivity contribution in [2.75, 3.05) is 5.73 Å². The lowest BCUT2D eigenvalue weighted by Crippen LogP contribution is -2.28. The third kappa shape index (κ3) is 3.41. The Morgan fingerprint density at radius 3 is 2.72 bits per heavy atom. The molecule has 29 heavy (non-hydrogen) atoms. The van der Waals surface area contributed by atoms with Crippen molar-refractivity contribution < 1.29 is 5.11 Å². The van der Waals surface area contributed by atoms with Gasteiger partial charge in [0.2, 0.25) is 0 Å². The van der Waals surface area contributed by atoms with Crippen LogP contribution in [0.15, 0.2) is 49.1 Å². The van der Waals surface area contributed by atoms with Gasteiger partial charge in [0.15, 0.2) is 0 Å². The molecule has 3 N–H and O–H groups in total. The minimum atomic E-state index is -0.247. The molecule has 148 valence electrons. The molecule has 3 aromatic heterocycles. The lowest BCUT2D eigenvalue weighted by molar-refractivity contribution is 0.0609. The standard InChI is InChI=1S/C22H23N5OS/c23-21-16-10-18(29-22(16)25-12-24-21)20-19(14-6-2-1-3-7-14)26-13-27(20)11-15-8-4-5-9-17(15)28/h1-3,6-7,10,12-13,15,17,28H,4-5,8-9,11H2,(H2,23,24,25)/t15-,17+/m0/s1. The van der Waals surface area contributed by atoms with Gasteiger partial charge >= 0.3 is 0 Å². The molecule has 1 aliphatic carbocycles.